The van der Waals surface area contributed by atoms with Crippen molar-refractivity contribution in [1.82, 2.24) is 19.4 Å². The Morgan fingerprint density at radius 2 is 1.49 bits per heavy atom. The monoisotopic (exact) mass is 526 g/mol. The second-order valence-electron chi connectivity index (χ2n) is 10.4. The lowest BCUT2D eigenvalue weighted by Crippen LogP contribution is -2.41. The molecule has 4 aromatic rings. The summed E-state index contributed by atoms with van der Waals surface area (Å²) in [6.07, 6.45) is 4.17. The molecule has 7 heteroatoms. The van der Waals surface area contributed by atoms with Crippen LogP contribution in [0, 0.1) is 0 Å². The second kappa shape index (κ2) is 13.3. The fourth-order valence-corrected chi connectivity index (χ4v) is 5.55. The van der Waals surface area contributed by atoms with Crippen LogP contribution in [0.3, 0.4) is 0 Å². The summed E-state index contributed by atoms with van der Waals surface area (Å²) in [5.74, 6) is 0. The van der Waals surface area contributed by atoms with Crippen molar-refractivity contribution in [3.63, 3.8) is 0 Å². The van der Waals surface area contributed by atoms with Gasteiger partial charge in [0.1, 0.15) is 0 Å². The minimum Gasteiger partial charge on any atom is -0.449 e. The van der Waals surface area contributed by atoms with Gasteiger partial charge in [-0.15, -0.1) is 0 Å². The largest absolute Gasteiger partial charge is 0.449 e. The van der Waals surface area contributed by atoms with Gasteiger partial charge in [0.05, 0.1) is 17.6 Å². The summed E-state index contributed by atoms with van der Waals surface area (Å²) in [6.45, 7) is 4.36. The summed E-state index contributed by atoms with van der Waals surface area (Å²) in [5, 5.41) is 0. The molecule has 0 radical (unpaired) electrons. The average Bonchev–Trinajstić information content (AvgIpc) is 3.32. The first-order valence-electron chi connectivity index (χ1n) is 14.1. The Labute approximate surface area is 230 Å². The number of amides is 1. The Morgan fingerprint density at radius 1 is 0.846 bits per heavy atom. The number of aromatic nitrogens is 2. The highest BCUT2D eigenvalue weighted by molar-refractivity contribution is 5.75. The van der Waals surface area contributed by atoms with Gasteiger partial charge in [-0.05, 0) is 61.9 Å². The Bertz CT molecular complexity index is 1370. The van der Waals surface area contributed by atoms with E-state index in [0.717, 1.165) is 62.8 Å². The summed E-state index contributed by atoms with van der Waals surface area (Å²) in [6, 6.07) is 29.0. The van der Waals surface area contributed by atoms with Crippen LogP contribution in [0.2, 0.25) is 0 Å². The SMILES string of the molecule is O=C(OCCCN(CCCc1ccccc1)Cc1ccccc1)N1CCC(n2c(=O)[nH]c3ccccc32)CC1. The van der Waals surface area contributed by atoms with Crippen LogP contribution < -0.4 is 5.69 Å². The molecule has 0 saturated carbocycles. The van der Waals surface area contributed by atoms with Crippen LogP contribution in [0.15, 0.2) is 89.7 Å². The van der Waals surface area contributed by atoms with Crippen molar-refractivity contribution >= 4 is 17.1 Å². The van der Waals surface area contributed by atoms with Crippen molar-refractivity contribution in [1.29, 1.82) is 0 Å². The Balaban J connectivity index is 1.07. The number of imidazole rings is 1. The highest BCUT2D eigenvalue weighted by Gasteiger charge is 2.26. The van der Waals surface area contributed by atoms with Gasteiger partial charge >= 0.3 is 11.8 Å². The van der Waals surface area contributed by atoms with E-state index in [4.69, 9.17) is 4.74 Å². The number of benzene rings is 3. The number of carbonyl (C=O) groups excluding carboxylic acids is 1. The molecule has 39 heavy (non-hydrogen) atoms. The molecule has 0 spiro atoms. The molecule has 1 aromatic heterocycles. The lowest BCUT2D eigenvalue weighted by molar-refractivity contribution is 0.0843. The van der Waals surface area contributed by atoms with Gasteiger partial charge in [-0.3, -0.25) is 9.47 Å². The van der Waals surface area contributed by atoms with Crippen molar-refractivity contribution in [3.8, 4) is 0 Å². The molecule has 0 aliphatic carbocycles. The highest BCUT2D eigenvalue weighted by Crippen LogP contribution is 2.25. The lowest BCUT2D eigenvalue weighted by atomic mass is 10.0. The summed E-state index contributed by atoms with van der Waals surface area (Å²) in [5.41, 5.74) is 4.36. The Morgan fingerprint density at radius 3 is 2.23 bits per heavy atom. The number of piperidine rings is 1. The summed E-state index contributed by atoms with van der Waals surface area (Å²) in [4.78, 5) is 32.5. The van der Waals surface area contributed by atoms with Gasteiger partial charge in [0, 0.05) is 32.2 Å². The molecule has 5 rings (SSSR count). The van der Waals surface area contributed by atoms with E-state index in [2.05, 4.69) is 64.5 Å². The van der Waals surface area contributed by atoms with E-state index in [1.54, 1.807) is 4.90 Å². The first-order chi connectivity index (χ1) is 19.2. The third kappa shape index (κ3) is 7.18. The van der Waals surface area contributed by atoms with Crippen molar-refractivity contribution in [3.05, 3.63) is 107 Å². The zero-order valence-corrected chi connectivity index (χ0v) is 22.5. The van der Waals surface area contributed by atoms with Crippen LogP contribution in [0.25, 0.3) is 11.0 Å². The van der Waals surface area contributed by atoms with Gasteiger partial charge in [0.15, 0.2) is 0 Å². The number of aryl methyl sites for hydroxylation is 1. The molecule has 204 valence electrons. The fraction of sp³-hybridized carbons (Fsp3) is 0.375. The van der Waals surface area contributed by atoms with E-state index in [9.17, 15) is 9.59 Å². The number of hydrogen-bond donors (Lipinski definition) is 1. The van der Waals surface area contributed by atoms with E-state index < -0.39 is 0 Å². The molecular formula is C32H38N4O3. The lowest BCUT2D eigenvalue weighted by Gasteiger charge is -2.32. The number of hydrogen-bond acceptors (Lipinski definition) is 4. The van der Waals surface area contributed by atoms with E-state index in [1.807, 2.05) is 34.9 Å². The zero-order chi connectivity index (χ0) is 26.9. The highest BCUT2D eigenvalue weighted by atomic mass is 16.6. The predicted molar refractivity (Wildman–Crippen MR) is 155 cm³/mol. The van der Waals surface area contributed by atoms with Gasteiger partial charge < -0.3 is 14.6 Å². The normalized spacial score (nSPS) is 14.2. The van der Waals surface area contributed by atoms with Crippen LogP contribution in [-0.4, -0.2) is 58.2 Å². The van der Waals surface area contributed by atoms with Crippen molar-refractivity contribution in [2.24, 2.45) is 0 Å². The summed E-state index contributed by atoms with van der Waals surface area (Å²) < 4.78 is 7.51. The molecular weight excluding hydrogens is 488 g/mol. The minimum atomic E-state index is -0.251. The van der Waals surface area contributed by atoms with Crippen LogP contribution in [0.5, 0.6) is 0 Å². The summed E-state index contributed by atoms with van der Waals surface area (Å²) >= 11 is 0. The maximum atomic E-state index is 12.8. The van der Waals surface area contributed by atoms with Crippen molar-refractivity contribution in [2.75, 3.05) is 32.8 Å². The van der Waals surface area contributed by atoms with Crippen LogP contribution >= 0.6 is 0 Å². The molecule has 2 heterocycles. The number of ether oxygens (including phenoxy) is 1. The van der Waals surface area contributed by atoms with Gasteiger partial charge in [-0.1, -0.05) is 72.8 Å². The standard InChI is InChI=1S/C32H38N4O3/c37-31-33-29-16-7-8-17-30(29)36(31)28-18-22-35(23-19-28)32(38)39-24-10-21-34(25-27-13-5-2-6-14-27)20-9-15-26-11-3-1-4-12-26/h1-8,11-14,16-17,28H,9-10,15,18-25H2,(H,33,37). The average molecular weight is 527 g/mol. The topological polar surface area (TPSA) is 70.6 Å². The molecule has 0 unspecified atom stereocenters. The second-order valence-corrected chi connectivity index (χ2v) is 10.4. The molecule has 1 saturated heterocycles. The third-order valence-electron chi connectivity index (χ3n) is 7.59. The van der Waals surface area contributed by atoms with E-state index in [-0.39, 0.29) is 17.8 Å². The quantitative estimate of drug-likeness (QED) is 0.257. The number of para-hydroxylation sites is 2. The number of aromatic amines is 1. The van der Waals surface area contributed by atoms with Crippen LogP contribution in [0.1, 0.15) is 42.9 Å². The number of likely N-dealkylation sites (tertiary alicyclic amines) is 1. The van der Waals surface area contributed by atoms with E-state index in [0.29, 0.717) is 19.7 Å². The van der Waals surface area contributed by atoms with Crippen molar-refractivity contribution in [2.45, 2.75) is 44.7 Å². The molecule has 7 nitrogen and oxygen atoms in total. The first kappa shape index (κ1) is 26.8. The molecule has 0 atom stereocenters. The van der Waals surface area contributed by atoms with Gasteiger partial charge in [0.25, 0.3) is 0 Å². The number of nitrogens with zero attached hydrogens (tertiary/aromatic N) is 3. The molecule has 1 amide bonds. The van der Waals surface area contributed by atoms with Gasteiger partial charge in [-0.2, -0.15) is 0 Å². The first-order valence-corrected chi connectivity index (χ1v) is 14.1. The van der Waals surface area contributed by atoms with Gasteiger partial charge in [-0.25, -0.2) is 9.59 Å². The fourth-order valence-electron chi connectivity index (χ4n) is 5.55. The predicted octanol–water partition coefficient (Wildman–Crippen LogP) is 5.63. The maximum Gasteiger partial charge on any atom is 0.409 e. The smallest absolute Gasteiger partial charge is 0.409 e. The molecule has 1 N–H and O–H groups in total. The Hall–Kier alpha value is -3.84. The van der Waals surface area contributed by atoms with Crippen molar-refractivity contribution < 1.29 is 9.53 Å². The van der Waals surface area contributed by atoms with E-state index >= 15 is 0 Å². The molecule has 3 aromatic carbocycles. The number of nitrogens with one attached hydrogen (secondary N) is 1. The minimum absolute atomic E-state index is 0.0824. The number of H-pyrrole nitrogens is 1. The number of rotatable bonds is 11. The molecule has 0 bridgehead atoms. The van der Waals surface area contributed by atoms with Gasteiger partial charge in [0.2, 0.25) is 0 Å². The Kier molecular flexibility index (Phi) is 9.12. The zero-order valence-electron chi connectivity index (χ0n) is 22.5. The molecule has 1 aliphatic heterocycles. The molecule has 1 aliphatic rings. The van der Waals surface area contributed by atoms with Crippen LogP contribution in [0.4, 0.5) is 4.79 Å². The maximum absolute atomic E-state index is 12.8. The summed E-state index contributed by atoms with van der Waals surface area (Å²) in [7, 11) is 0. The van der Waals surface area contributed by atoms with E-state index in [1.165, 1.54) is 11.1 Å². The number of fused-ring (bicyclic) bond motifs is 1. The van der Waals surface area contributed by atoms with Crippen LogP contribution in [-0.2, 0) is 17.7 Å². The number of carbonyl (C=O) groups is 1. The third-order valence-corrected chi connectivity index (χ3v) is 7.59. The molecule has 1 fully saturated rings.